The van der Waals surface area contributed by atoms with Gasteiger partial charge in [0.05, 0.1) is 0 Å². The molecule has 0 spiro atoms. The average Bonchev–Trinajstić information content (AvgIpc) is 2.21. The molecule has 0 aromatic rings. The number of rotatable bonds is 4. The maximum Gasteiger partial charge on any atom is 0.303 e. The highest BCUT2D eigenvalue weighted by atomic mass is 16.5. The van der Waals surface area contributed by atoms with Crippen LogP contribution < -0.4 is 0 Å². The second kappa shape index (κ2) is 5.28. The molecule has 0 bridgehead atoms. The molecule has 3 heteroatoms. The predicted molar refractivity (Wildman–Crippen MR) is 62.0 cm³/mol. The molecule has 1 saturated carbocycles. The highest BCUT2D eigenvalue weighted by Crippen LogP contribution is 2.37. The van der Waals surface area contributed by atoms with Gasteiger partial charge in [-0.2, -0.15) is 0 Å². The van der Waals surface area contributed by atoms with Crippen LogP contribution in [0.3, 0.4) is 0 Å². The second-order valence-corrected chi connectivity index (χ2v) is 4.78. The van der Waals surface area contributed by atoms with Crippen LogP contribution in [-0.2, 0) is 14.3 Å². The number of carbonyl (C=O) groups is 2. The van der Waals surface area contributed by atoms with Gasteiger partial charge >= 0.3 is 5.97 Å². The molecule has 1 fully saturated rings. The van der Waals surface area contributed by atoms with Crippen molar-refractivity contribution in [3.63, 3.8) is 0 Å². The third-order valence-corrected chi connectivity index (χ3v) is 3.29. The van der Waals surface area contributed by atoms with Crippen LogP contribution in [-0.4, -0.2) is 17.9 Å². The minimum atomic E-state index is -0.343. The number of hydrogen-bond acceptors (Lipinski definition) is 3. The molecule has 0 amide bonds. The van der Waals surface area contributed by atoms with E-state index in [2.05, 4.69) is 6.58 Å². The van der Waals surface area contributed by atoms with Gasteiger partial charge in [0.1, 0.15) is 11.9 Å². The molecule has 0 saturated heterocycles. The van der Waals surface area contributed by atoms with E-state index in [1.807, 2.05) is 6.92 Å². The molecule has 2 atom stereocenters. The van der Waals surface area contributed by atoms with Crippen LogP contribution in [0.1, 0.15) is 46.0 Å². The largest absolute Gasteiger partial charge is 0.458 e. The molecular formula is C13H20O3. The number of carbonyl (C=O) groups excluding carboxylic acids is 2. The van der Waals surface area contributed by atoms with E-state index < -0.39 is 0 Å². The molecule has 1 rings (SSSR count). The van der Waals surface area contributed by atoms with Crippen molar-refractivity contribution in [1.29, 1.82) is 0 Å². The second-order valence-electron chi connectivity index (χ2n) is 4.78. The Morgan fingerprint density at radius 3 is 2.81 bits per heavy atom. The molecule has 1 aliphatic rings. The van der Waals surface area contributed by atoms with Gasteiger partial charge in [0, 0.05) is 25.2 Å². The molecule has 16 heavy (non-hydrogen) atoms. The van der Waals surface area contributed by atoms with Gasteiger partial charge in [0.2, 0.25) is 0 Å². The topological polar surface area (TPSA) is 43.4 Å². The van der Waals surface area contributed by atoms with Gasteiger partial charge in [-0.1, -0.05) is 26.0 Å². The first-order chi connectivity index (χ1) is 7.48. The molecule has 1 aliphatic carbocycles. The highest BCUT2D eigenvalue weighted by molar-refractivity contribution is 5.85. The fourth-order valence-corrected chi connectivity index (χ4v) is 2.29. The predicted octanol–water partition coefficient (Wildman–Crippen LogP) is 2.64. The van der Waals surface area contributed by atoms with Crippen molar-refractivity contribution >= 4 is 11.8 Å². The van der Waals surface area contributed by atoms with Crippen LogP contribution in [0.5, 0.6) is 0 Å². The Hall–Kier alpha value is -1.12. The van der Waals surface area contributed by atoms with Crippen molar-refractivity contribution in [3.05, 3.63) is 12.7 Å². The Morgan fingerprint density at radius 1 is 1.62 bits per heavy atom. The Balaban J connectivity index is 2.64. The van der Waals surface area contributed by atoms with Gasteiger partial charge < -0.3 is 4.74 Å². The summed E-state index contributed by atoms with van der Waals surface area (Å²) in [7, 11) is 0. The fourth-order valence-electron chi connectivity index (χ4n) is 2.29. The van der Waals surface area contributed by atoms with Crippen molar-refractivity contribution in [2.75, 3.05) is 0 Å². The Morgan fingerprint density at radius 2 is 2.31 bits per heavy atom. The molecule has 0 radical (unpaired) electrons. The molecular weight excluding hydrogens is 204 g/mol. The third-order valence-electron chi connectivity index (χ3n) is 3.29. The summed E-state index contributed by atoms with van der Waals surface area (Å²) >= 11 is 0. The SMILES string of the molecule is C=C[C@H](C[C@]1(C)CCCCC1=O)OC(C)=O. The first kappa shape index (κ1) is 12.9. The Bertz CT molecular complexity index is 296. The van der Waals surface area contributed by atoms with Gasteiger partial charge in [0.15, 0.2) is 0 Å². The molecule has 0 N–H and O–H groups in total. The normalized spacial score (nSPS) is 27.2. The monoisotopic (exact) mass is 224 g/mol. The van der Waals surface area contributed by atoms with Crippen LogP contribution in [0, 0.1) is 5.41 Å². The lowest BCUT2D eigenvalue weighted by Crippen LogP contribution is -2.35. The number of Topliss-reactive ketones (excluding diaryl/α,β-unsaturated/α-hetero) is 1. The number of ketones is 1. The summed E-state index contributed by atoms with van der Waals surface area (Å²) in [6.45, 7) is 6.99. The lowest BCUT2D eigenvalue weighted by molar-refractivity contribution is -0.147. The molecule has 0 heterocycles. The number of hydrogen-bond donors (Lipinski definition) is 0. The standard InChI is InChI=1S/C13H20O3/c1-4-11(16-10(2)14)9-13(3)8-6-5-7-12(13)15/h4,11H,1,5-9H2,2-3H3/t11-,13+/m1/s1. The van der Waals surface area contributed by atoms with Gasteiger partial charge in [-0.3, -0.25) is 9.59 Å². The molecule has 0 aromatic heterocycles. The summed E-state index contributed by atoms with van der Waals surface area (Å²) in [6, 6.07) is 0. The molecule has 0 aromatic carbocycles. The number of esters is 1. The van der Waals surface area contributed by atoms with Crippen molar-refractivity contribution in [3.8, 4) is 0 Å². The molecule has 3 nitrogen and oxygen atoms in total. The fraction of sp³-hybridized carbons (Fsp3) is 0.692. The van der Waals surface area contributed by atoms with Crippen molar-refractivity contribution < 1.29 is 14.3 Å². The van der Waals surface area contributed by atoms with Crippen molar-refractivity contribution in [1.82, 2.24) is 0 Å². The lowest BCUT2D eigenvalue weighted by Gasteiger charge is -2.33. The van der Waals surface area contributed by atoms with E-state index in [1.165, 1.54) is 6.92 Å². The zero-order valence-corrected chi connectivity index (χ0v) is 10.1. The van der Waals surface area contributed by atoms with Gasteiger partial charge in [-0.15, -0.1) is 0 Å². The van der Waals surface area contributed by atoms with Crippen LogP contribution in [0.15, 0.2) is 12.7 Å². The first-order valence-corrected chi connectivity index (χ1v) is 5.81. The van der Waals surface area contributed by atoms with Crippen molar-refractivity contribution in [2.24, 2.45) is 5.41 Å². The van der Waals surface area contributed by atoms with E-state index in [0.717, 1.165) is 19.3 Å². The first-order valence-electron chi connectivity index (χ1n) is 5.81. The summed E-state index contributed by atoms with van der Waals surface area (Å²) in [5, 5.41) is 0. The van der Waals surface area contributed by atoms with E-state index in [1.54, 1.807) is 6.08 Å². The quantitative estimate of drug-likeness (QED) is 0.544. The summed E-state index contributed by atoms with van der Waals surface area (Å²) in [4.78, 5) is 22.8. The van der Waals surface area contributed by atoms with Gasteiger partial charge in [-0.05, 0) is 12.8 Å². The van der Waals surface area contributed by atoms with Gasteiger partial charge in [-0.25, -0.2) is 0 Å². The summed E-state index contributed by atoms with van der Waals surface area (Å²) in [6.07, 6.45) is 5.43. The summed E-state index contributed by atoms with van der Waals surface area (Å²) < 4.78 is 5.11. The van der Waals surface area contributed by atoms with E-state index >= 15 is 0 Å². The zero-order chi connectivity index (χ0) is 12.2. The van der Waals surface area contributed by atoms with E-state index in [0.29, 0.717) is 12.8 Å². The Labute approximate surface area is 96.9 Å². The minimum Gasteiger partial charge on any atom is -0.458 e. The zero-order valence-electron chi connectivity index (χ0n) is 10.1. The van der Waals surface area contributed by atoms with E-state index in [9.17, 15) is 9.59 Å². The third kappa shape index (κ3) is 3.19. The molecule has 0 unspecified atom stereocenters. The maximum atomic E-state index is 11.9. The molecule has 90 valence electrons. The van der Waals surface area contributed by atoms with Crippen LogP contribution >= 0.6 is 0 Å². The molecule has 0 aliphatic heterocycles. The van der Waals surface area contributed by atoms with Crippen LogP contribution in [0.4, 0.5) is 0 Å². The highest BCUT2D eigenvalue weighted by Gasteiger charge is 2.37. The maximum absolute atomic E-state index is 11.9. The number of ether oxygens (including phenoxy) is 1. The average molecular weight is 224 g/mol. The van der Waals surface area contributed by atoms with Crippen LogP contribution in [0.2, 0.25) is 0 Å². The van der Waals surface area contributed by atoms with Crippen molar-refractivity contribution in [2.45, 2.75) is 52.1 Å². The summed E-state index contributed by atoms with van der Waals surface area (Å²) in [5.74, 6) is -0.0329. The Kier molecular flexibility index (Phi) is 4.27. The van der Waals surface area contributed by atoms with E-state index in [4.69, 9.17) is 4.74 Å². The van der Waals surface area contributed by atoms with Crippen LogP contribution in [0.25, 0.3) is 0 Å². The minimum absolute atomic E-state index is 0.290. The lowest BCUT2D eigenvalue weighted by atomic mass is 9.71. The van der Waals surface area contributed by atoms with Gasteiger partial charge in [0.25, 0.3) is 0 Å². The van der Waals surface area contributed by atoms with E-state index in [-0.39, 0.29) is 23.3 Å². The smallest absolute Gasteiger partial charge is 0.303 e. The summed E-state index contributed by atoms with van der Waals surface area (Å²) in [5.41, 5.74) is -0.341.